The number of rotatable bonds is 4. The van der Waals surface area contributed by atoms with E-state index in [-0.39, 0.29) is 12.1 Å². The molecule has 104 valence electrons. The van der Waals surface area contributed by atoms with E-state index in [9.17, 15) is 4.79 Å². The SMILES string of the molecule is COc1cccc(NC(=O)N[C@@H](C)c2ccccc2)c1. The Labute approximate surface area is 118 Å². The molecule has 0 heterocycles. The molecule has 4 nitrogen and oxygen atoms in total. The Kier molecular flexibility index (Phi) is 4.60. The van der Waals surface area contributed by atoms with E-state index in [2.05, 4.69) is 10.6 Å². The summed E-state index contributed by atoms with van der Waals surface area (Å²) in [6, 6.07) is 16.8. The molecule has 2 aromatic rings. The minimum absolute atomic E-state index is 0.0539. The standard InChI is InChI=1S/C16H18N2O2/c1-12(13-7-4-3-5-8-13)17-16(19)18-14-9-6-10-15(11-14)20-2/h3-12H,1-2H3,(H2,17,18,19)/t12-/m0/s1. The molecule has 4 heteroatoms. The van der Waals surface area contributed by atoms with Gasteiger partial charge in [0.15, 0.2) is 0 Å². The predicted octanol–water partition coefficient (Wildman–Crippen LogP) is 3.58. The van der Waals surface area contributed by atoms with Gasteiger partial charge in [0.25, 0.3) is 0 Å². The summed E-state index contributed by atoms with van der Waals surface area (Å²) in [7, 11) is 1.59. The number of methoxy groups -OCH3 is 1. The molecular weight excluding hydrogens is 252 g/mol. The molecule has 2 N–H and O–H groups in total. The summed E-state index contributed by atoms with van der Waals surface area (Å²) in [5.41, 5.74) is 1.76. The zero-order valence-electron chi connectivity index (χ0n) is 11.6. The van der Waals surface area contributed by atoms with Gasteiger partial charge >= 0.3 is 6.03 Å². The van der Waals surface area contributed by atoms with Gasteiger partial charge in [0.05, 0.1) is 13.2 Å². The lowest BCUT2D eigenvalue weighted by molar-refractivity contribution is 0.249. The van der Waals surface area contributed by atoms with E-state index in [1.54, 1.807) is 13.2 Å². The molecular formula is C16H18N2O2. The molecule has 0 saturated heterocycles. The first-order valence-electron chi connectivity index (χ1n) is 6.45. The summed E-state index contributed by atoms with van der Waals surface area (Å²) in [4.78, 5) is 11.9. The Hall–Kier alpha value is -2.49. The third-order valence-corrected chi connectivity index (χ3v) is 2.97. The summed E-state index contributed by atoms with van der Waals surface area (Å²) >= 11 is 0. The van der Waals surface area contributed by atoms with E-state index >= 15 is 0 Å². The highest BCUT2D eigenvalue weighted by molar-refractivity contribution is 5.89. The van der Waals surface area contributed by atoms with Gasteiger partial charge < -0.3 is 15.4 Å². The van der Waals surface area contributed by atoms with Crippen molar-refractivity contribution in [1.29, 1.82) is 0 Å². The lowest BCUT2D eigenvalue weighted by Gasteiger charge is -2.15. The van der Waals surface area contributed by atoms with Crippen LogP contribution in [0.25, 0.3) is 0 Å². The van der Waals surface area contributed by atoms with Crippen LogP contribution in [0, 0.1) is 0 Å². The van der Waals surface area contributed by atoms with Crippen LogP contribution < -0.4 is 15.4 Å². The highest BCUT2D eigenvalue weighted by Crippen LogP contribution is 2.17. The van der Waals surface area contributed by atoms with Crippen LogP contribution in [0.5, 0.6) is 5.75 Å². The summed E-state index contributed by atoms with van der Waals surface area (Å²) in [6.07, 6.45) is 0. The van der Waals surface area contributed by atoms with Gasteiger partial charge in [-0.2, -0.15) is 0 Å². The third-order valence-electron chi connectivity index (χ3n) is 2.97. The molecule has 2 amide bonds. The average Bonchev–Trinajstić information content (AvgIpc) is 2.48. The van der Waals surface area contributed by atoms with Crippen molar-refractivity contribution in [2.75, 3.05) is 12.4 Å². The Bertz CT molecular complexity index is 570. The second-order valence-electron chi connectivity index (χ2n) is 4.46. The van der Waals surface area contributed by atoms with Crippen molar-refractivity contribution in [3.63, 3.8) is 0 Å². The first-order valence-corrected chi connectivity index (χ1v) is 6.45. The van der Waals surface area contributed by atoms with Crippen molar-refractivity contribution in [1.82, 2.24) is 5.32 Å². The first-order chi connectivity index (χ1) is 9.69. The molecule has 0 bridgehead atoms. The number of ether oxygens (including phenoxy) is 1. The number of amides is 2. The van der Waals surface area contributed by atoms with Gasteiger partial charge in [0.2, 0.25) is 0 Å². The molecule has 1 atom stereocenters. The quantitative estimate of drug-likeness (QED) is 0.892. The van der Waals surface area contributed by atoms with Gasteiger partial charge in [-0.3, -0.25) is 0 Å². The lowest BCUT2D eigenvalue weighted by Crippen LogP contribution is -2.31. The number of urea groups is 1. The van der Waals surface area contributed by atoms with Crippen molar-refractivity contribution in [2.45, 2.75) is 13.0 Å². The van der Waals surface area contributed by atoms with Gasteiger partial charge in [-0.15, -0.1) is 0 Å². The number of carbonyl (C=O) groups is 1. The zero-order chi connectivity index (χ0) is 14.4. The number of benzene rings is 2. The minimum Gasteiger partial charge on any atom is -0.497 e. The summed E-state index contributed by atoms with van der Waals surface area (Å²) in [5, 5.41) is 5.68. The van der Waals surface area contributed by atoms with Crippen LogP contribution in [0.15, 0.2) is 54.6 Å². The van der Waals surface area contributed by atoms with E-state index in [1.807, 2.05) is 55.5 Å². The Morgan fingerprint density at radius 2 is 1.85 bits per heavy atom. The molecule has 0 aromatic heterocycles. The fourth-order valence-corrected chi connectivity index (χ4v) is 1.89. The molecule has 0 aliphatic carbocycles. The van der Waals surface area contributed by atoms with Crippen molar-refractivity contribution in [3.05, 3.63) is 60.2 Å². The van der Waals surface area contributed by atoms with Crippen LogP contribution in [0.2, 0.25) is 0 Å². The average molecular weight is 270 g/mol. The molecule has 2 aromatic carbocycles. The summed E-state index contributed by atoms with van der Waals surface area (Å²) < 4.78 is 5.12. The third kappa shape index (κ3) is 3.75. The summed E-state index contributed by atoms with van der Waals surface area (Å²) in [5.74, 6) is 0.707. The van der Waals surface area contributed by atoms with E-state index < -0.39 is 0 Å². The van der Waals surface area contributed by atoms with Crippen molar-refractivity contribution in [2.24, 2.45) is 0 Å². The minimum atomic E-state index is -0.241. The van der Waals surface area contributed by atoms with Crippen LogP contribution >= 0.6 is 0 Å². The van der Waals surface area contributed by atoms with E-state index in [0.29, 0.717) is 11.4 Å². The largest absolute Gasteiger partial charge is 0.497 e. The van der Waals surface area contributed by atoms with Crippen LogP contribution in [-0.4, -0.2) is 13.1 Å². The van der Waals surface area contributed by atoms with Gasteiger partial charge in [-0.05, 0) is 24.6 Å². The molecule has 20 heavy (non-hydrogen) atoms. The van der Waals surface area contributed by atoms with Crippen LogP contribution in [-0.2, 0) is 0 Å². The topological polar surface area (TPSA) is 50.4 Å². The van der Waals surface area contributed by atoms with E-state index in [0.717, 1.165) is 5.56 Å². The van der Waals surface area contributed by atoms with Gasteiger partial charge in [0.1, 0.15) is 5.75 Å². The molecule has 0 aliphatic rings. The Morgan fingerprint density at radius 3 is 2.55 bits per heavy atom. The molecule has 0 fully saturated rings. The second kappa shape index (κ2) is 6.61. The van der Waals surface area contributed by atoms with Crippen LogP contribution in [0.3, 0.4) is 0 Å². The Morgan fingerprint density at radius 1 is 1.10 bits per heavy atom. The van der Waals surface area contributed by atoms with Crippen LogP contribution in [0.1, 0.15) is 18.5 Å². The first kappa shape index (κ1) is 13.9. The van der Waals surface area contributed by atoms with E-state index in [1.165, 1.54) is 0 Å². The monoisotopic (exact) mass is 270 g/mol. The summed E-state index contributed by atoms with van der Waals surface area (Å²) in [6.45, 7) is 1.94. The van der Waals surface area contributed by atoms with E-state index in [4.69, 9.17) is 4.74 Å². The lowest BCUT2D eigenvalue weighted by atomic mass is 10.1. The van der Waals surface area contributed by atoms with Crippen molar-refractivity contribution in [3.8, 4) is 5.75 Å². The fraction of sp³-hybridized carbons (Fsp3) is 0.188. The molecule has 0 aliphatic heterocycles. The second-order valence-corrected chi connectivity index (χ2v) is 4.46. The maximum atomic E-state index is 11.9. The molecule has 0 spiro atoms. The number of anilines is 1. The smallest absolute Gasteiger partial charge is 0.319 e. The molecule has 0 radical (unpaired) electrons. The van der Waals surface area contributed by atoms with Crippen molar-refractivity contribution < 1.29 is 9.53 Å². The maximum absolute atomic E-state index is 11.9. The highest BCUT2D eigenvalue weighted by Gasteiger charge is 2.09. The normalized spacial score (nSPS) is 11.5. The predicted molar refractivity (Wildman–Crippen MR) is 80.0 cm³/mol. The Balaban J connectivity index is 1.95. The zero-order valence-corrected chi connectivity index (χ0v) is 11.6. The highest BCUT2D eigenvalue weighted by atomic mass is 16.5. The fourth-order valence-electron chi connectivity index (χ4n) is 1.89. The number of carbonyl (C=O) groups excluding carboxylic acids is 1. The number of hydrogen-bond donors (Lipinski definition) is 2. The van der Waals surface area contributed by atoms with Gasteiger partial charge in [-0.25, -0.2) is 4.79 Å². The molecule has 0 unspecified atom stereocenters. The van der Waals surface area contributed by atoms with Crippen LogP contribution in [0.4, 0.5) is 10.5 Å². The number of nitrogens with one attached hydrogen (secondary N) is 2. The van der Waals surface area contributed by atoms with Gasteiger partial charge in [0, 0.05) is 11.8 Å². The number of hydrogen-bond acceptors (Lipinski definition) is 2. The molecule has 0 saturated carbocycles. The van der Waals surface area contributed by atoms with Crippen molar-refractivity contribution >= 4 is 11.7 Å². The molecule has 2 rings (SSSR count). The van der Waals surface area contributed by atoms with Gasteiger partial charge in [-0.1, -0.05) is 36.4 Å². The maximum Gasteiger partial charge on any atom is 0.319 e.